The van der Waals surface area contributed by atoms with Crippen molar-refractivity contribution in [3.05, 3.63) is 23.8 Å². The lowest BCUT2D eigenvalue weighted by atomic mass is 10.1. The first-order chi connectivity index (χ1) is 8.21. The Morgan fingerprint density at radius 3 is 2.71 bits per heavy atom. The SMILES string of the molecule is COc1ccc(CCNC(=O)CN)c(OC)c1. The van der Waals surface area contributed by atoms with Gasteiger partial charge in [-0.1, -0.05) is 6.07 Å². The molecule has 0 radical (unpaired) electrons. The van der Waals surface area contributed by atoms with E-state index in [1.165, 1.54) is 0 Å². The molecule has 17 heavy (non-hydrogen) atoms. The third-order valence-electron chi connectivity index (χ3n) is 2.40. The van der Waals surface area contributed by atoms with E-state index in [4.69, 9.17) is 15.2 Å². The Labute approximate surface area is 101 Å². The van der Waals surface area contributed by atoms with Crippen molar-refractivity contribution in [2.75, 3.05) is 27.3 Å². The lowest BCUT2D eigenvalue weighted by molar-refractivity contribution is -0.119. The van der Waals surface area contributed by atoms with Crippen LogP contribution >= 0.6 is 0 Å². The number of carbonyl (C=O) groups excluding carboxylic acids is 1. The number of hydrogen-bond donors (Lipinski definition) is 2. The first-order valence-electron chi connectivity index (χ1n) is 5.39. The van der Waals surface area contributed by atoms with Crippen LogP contribution < -0.4 is 20.5 Å². The molecule has 0 aliphatic rings. The summed E-state index contributed by atoms with van der Waals surface area (Å²) >= 11 is 0. The molecule has 5 nitrogen and oxygen atoms in total. The average molecular weight is 238 g/mol. The van der Waals surface area contributed by atoms with Crippen LogP contribution in [0.3, 0.4) is 0 Å². The Balaban J connectivity index is 2.61. The van der Waals surface area contributed by atoms with Gasteiger partial charge in [-0.3, -0.25) is 4.79 Å². The molecule has 0 fully saturated rings. The van der Waals surface area contributed by atoms with Gasteiger partial charge in [-0.25, -0.2) is 0 Å². The molecule has 0 atom stereocenters. The van der Waals surface area contributed by atoms with E-state index >= 15 is 0 Å². The number of hydrogen-bond acceptors (Lipinski definition) is 4. The maximum absolute atomic E-state index is 11.0. The molecule has 0 spiro atoms. The maximum atomic E-state index is 11.0. The van der Waals surface area contributed by atoms with Gasteiger partial charge in [-0.2, -0.15) is 0 Å². The molecule has 94 valence electrons. The fraction of sp³-hybridized carbons (Fsp3) is 0.417. The summed E-state index contributed by atoms with van der Waals surface area (Å²) in [7, 11) is 3.21. The summed E-state index contributed by atoms with van der Waals surface area (Å²) in [5.41, 5.74) is 6.21. The highest BCUT2D eigenvalue weighted by Gasteiger charge is 2.05. The van der Waals surface area contributed by atoms with Gasteiger partial charge in [0.25, 0.3) is 0 Å². The number of amides is 1. The molecule has 0 aromatic heterocycles. The first-order valence-corrected chi connectivity index (χ1v) is 5.39. The van der Waals surface area contributed by atoms with Gasteiger partial charge >= 0.3 is 0 Å². The van der Waals surface area contributed by atoms with E-state index < -0.39 is 0 Å². The van der Waals surface area contributed by atoms with Gasteiger partial charge in [-0.15, -0.1) is 0 Å². The second kappa shape index (κ2) is 6.75. The molecule has 0 aliphatic heterocycles. The van der Waals surface area contributed by atoms with Crippen molar-refractivity contribution >= 4 is 5.91 Å². The van der Waals surface area contributed by atoms with Crippen LogP contribution in [0.15, 0.2) is 18.2 Å². The highest BCUT2D eigenvalue weighted by atomic mass is 16.5. The van der Waals surface area contributed by atoms with Crippen LogP contribution in [-0.4, -0.2) is 33.2 Å². The molecule has 0 unspecified atom stereocenters. The van der Waals surface area contributed by atoms with Crippen LogP contribution in [0.4, 0.5) is 0 Å². The van der Waals surface area contributed by atoms with Gasteiger partial charge in [0.1, 0.15) is 11.5 Å². The van der Waals surface area contributed by atoms with Gasteiger partial charge in [0.05, 0.1) is 20.8 Å². The van der Waals surface area contributed by atoms with Gasteiger partial charge < -0.3 is 20.5 Å². The number of benzene rings is 1. The third kappa shape index (κ3) is 3.96. The molecule has 0 bridgehead atoms. The first kappa shape index (κ1) is 13.3. The topological polar surface area (TPSA) is 73.6 Å². The monoisotopic (exact) mass is 238 g/mol. The van der Waals surface area contributed by atoms with E-state index in [9.17, 15) is 4.79 Å². The predicted molar refractivity (Wildman–Crippen MR) is 65.3 cm³/mol. The van der Waals surface area contributed by atoms with E-state index in [1.807, 2.05) is 18.2 Å². The standard InChI is InChI=1S/C12H18N2O3/c1-16-10-4-3-9(11(7-10)17-2)5-6-14-12(15)8-13/h3-4,7H,5-6,8,13H2,1-2H3,(H,14,15). The summed E-state index contributed by atoms with van der Waals surface area (Å²) in [4.78, 5) is 11.0. The van der Waals surface area contributed by atoms with E-state index in [-0.39, 0.29) is 12.5 Å². The van der Waals surface area contributed by atoms with Crippen LogP contribution in [0.5, 0.6) is 11.5 Å². The third-order valence-corrected chi connectivity index (χ3v) is 2.40. The summed E-state index contributed by atoms with van der Waals surface area (Å²) in [5.74, 6) is 1.35. The van der Waals surface area contributed by atoms with Gasteiger partial charge in [0.2, 0.25) is 5.91 Å². The maximum Gasteiger partial charge on any atom is 0.233 e. The van der Waals surface area contributed by atoms with Crippen LogP contribution in [-0.2, 0) is 11.2 Å². The zero-order chi connectivity index (χ0) is 12.7. The van der Waals surface area contributed by atoms with E-state index in [0.717, 1.165) is 17.1 Å². The minimum Gasteiger partial charge on any atom is -0.497 e. The second-order valence-corrected chi connectivity index (χ2v) is 3.48. The molecule has 1 amide bonds. The number of rotatable bonds is 6. The number of methoxy groups -OCH3 is 2. The van der Waals surface area contributed by atoms with E-state index in [0.29, 0.717) is 13.0 Å². The minimum atomic E-state index is -0.155. The summed E-state index contributed by atoms with van der Waals surface area (Å²) in [5, 5.41) is 2.71. The second-order valence-electron chi connectivity index (χ2n) is 3.48. The van der Waals surface area contributed by atoms with Crippen molar-refractivity contribution in [2.45, 2.75) is 6.42 Å². The Morgan fingerprint density at radius 1 is 1.35 bits per heavy atom. The van der Waals surface area contributed by atoms with Crippen LogP contribution in [0.1, 0.15) is 5.56 Å². The molecule has 0 heterocycles. The van der Waals surface area contributed by atoms with Crippen molar-refractivity contribution in [1.82, 2.24) is 5.32 Å². The lowest BCUT2D eigenvalue weighted by Gasteiger charge is -2.10. The summed E-state index contributed by atoms with van der Waals surface area (Å²) in [6.45, 7) is 0.554. The highest BCUT2D eigenvalue weighted by Crippen LogP contribution is 2.24. The summed E-state index contributed by atoms with van der Waals surface area (Å²) in [6, 6.07) is 5.61. The van der Waals surface area contributed by atoms with Crippen molar-refractivity contribution in [1.29, 1.82) is 0 Å². The number of ether oxygens (including phenoxy) is 2. The Kier molecular flexibility index (Phi) is 5.29. The fourth-order valence-corrected chi connectivity index (χ4v) is 1.47. The Morgan fingerprint density at radius 2 is 2.12 bits per heavy atom. The van der Waals surface area contributed by atoms with Crippen molar-refractivity contribution in [3.63, 3.8) is 0 Å². The normalized spacial score (nSPS) is 9.82. The molecular weight excluding hydrogens is 220 g/mol. The smallest absolute Gasteiger partial charge is 0.233 e. The molecule has 1 rings (SSSR count). The highest BCUT2D eigenvalue weighted by molar-refractivity contribution is 5.77. The summed E-state index contributed by atoms with van der Waals surface area (Å²) in [6.07, 6.45) is 0.693. The number of nitrogens with two attached hydrogens (primary N) is 1. The molecule has 0 aliphatic carbocycles. The molecular formula is C12H18N2O3. The van der Waals surface area contributed by atoms with Crippen LogP contribution in [0.2, 0.25) is 0 Å². The molecule has 3 N–H and O–H groups in total. The largest absolute Gasteiger partial charge is 0.497 e. The Bertz CT molecular complexity index is 380. The van der Waals surface area contributed by atoms with Crippen molar-refractivity contribution < 1.29 is 14.3 Å². The quantitative estimate of drug-likeness (QED) is 0.748. The Hall–Kier alpha value is -1.75. The van der Waals surface area contributed by atoms with Crippen LogP contribution in [0.25, 0.3) is 0 Å². The average Bonchev–Trinajstić information content (AvgIpc) is 2.38. The van der Waals surface area contributed by atoms with E-state index in [1.54, 1.807) is 14.2 Å². The molecule has 0 saturated heterocycles. The van der Waals surface area contributed by atoms with Crippen molar-refractivity contribution in [3.8, 4) is 11.5 Å². The van der Waals surface area contributed by atoms with Gasteiger partial charge in [0, 0.05) is 12.6 Å². The lowest BCUT2D eigenvalue weighted by Crippen LogP contribution is -2.31. The van der Waals surface area contributed by atoms with E-state index in [2.05, 4.69) is 5.32 Å². The fourth-order valence-electron chi connectivity index (χ4n) is 1.47. The molecule has 5 heteroatoms. The molecule has 0 saturated carbocycles. The van der Waals surface area contributed by atoms with Crippen LogP contribution in [0, 0.1) is 0 Å². The molecule has 1 aromatic rings. The minimum absolute atomic E-state index is 0.0136. The number of nitrogens with one attached hydrogen (secondary N) is 1. The van der Waals surface area contributed by atoms with Crippen molar-refractivity contribution in [2.24, 2.45) is 5.73 Å². The number of carbonyl (C=O) groups is 1. The zero-order valence-electron chi connectivity index (χ0n) is 10.2. The predicted octanol–water partition coefficient (Wildman–Crippen LogP) is 0.321. The zero-order valence-corrected chi connectivity index (χ0v) is 10.2. The summed E-state index contributed by atoms with van der Waals surface area (Å²) < 4.78 is 10.4. The molecule has 1 aromatic carbocycles. The van der Waals surface area contributed by atoms with Gasteiger partial charge in [-0.05, 0) is 18.1 Å². The van der Waals surface area contributed by atoms with Gasteiger partial charge in [0.15, 0.2) is 0 Å².